The van der Waals surface area contributed by atoms with Gasteiger partial charge in [0, 0.05) is 6.08 Å². The highest BCUT2D eigenvalue weighted by molar-refractivity contribution is 5.81. The fourth-order valence-electron chi connectivity index (χ4n) is 0.910. The van der Waals surface area contributed by atoms with E-state index in [1.165, 1.54) is 0 Å². The van der Waals surface area contributed by atoms with Crippen LogP contribution in [0.25, 0.3) is 0 Å². The fourth-order valence-corrected chi connectivity index (χ4v) is 0.910. The third-order valence-electron chi connectivity index (χ3n) is 2.14. The van der Waals surface area contributed by atoms with Crippen LogP contribution in [0.4, 0.5) is 39.5 Å². The van der Waals surface area contributed by atoms with E-state index in [4.69, 9.17) is 5.11 Å². The minimum absolute atomic E-state index is 0.103. The van der Waals surface area contributed by atoms with Gasteiger partial charge in [-0.25, -0.2) is 9.18 Å². The molecule has 0 spiro atoms. The smallest absolute Gasteiger partial charge is 0.384 e. The lowest BCUT2D eigenvalue weighted by atomic mass is 9.99. The number of halogens is 9. The molecule has 0 rings (SSSR count). The van der Waals surface area contributed by atoms with E-state index in [1.807, 2.05) is 0 Å². The number of aliphatic hydroxyl groups excluding tert-OH is 1. The van der Waals surface area contributed by atoms with Crippen LogP contribution in [0.3, 0.4) is 0 Å². The van der Waals surface area contributed by atoms with Crippen molar-refractivity contribution in [2.24, 2.45) is 0 Å². The van der Waals surface area contributed by atoms with Crippen LogP contribution in [0, 0.1) is 0 Å². The van der Waals surface area contributed by atoms with E-state index in [-0.39, 0.29) is 6.08 Å². The topological polar surface area (TPSA) is 46.5 Å². The van der Waals surface area contributed by atoms with E-state index < -0.39 is 42.6 Å². The predicted molar refractivity (Wildman–Crippen MR) is 48.1 cm³/mol. The maximum absolute atomic E-state index is 13.0. The molecular weight excluding hydrogens is 327 g/mol. The summed E-state index contributed by atoms with van der Waals surface area (Å²) in [6.07, 6.45) is -4.09. The van der Waals surface area contributed by atoms with E-state index in [9.17, 15) is 44.3 Å². The molecule has 1 atom stereocenters. The minimum Gasteiger partial charge on any atom is -0.426 e. The molecule has 0 fully saturated rings. The molecule has 0 heterocycles. The first-order chi connectivity index (χ1) is 9.19. The molecule has 1 N–H and O–H groups in total. The number of carbonyl (C=O) groups excluding carboxylic acids is 1. The number of ether oxygens (including phenoxy) is 1. The van der Waals surface area contributed by atoms with Crippen molar-refractivity contribution in [2.75, 3.05) is 6.67 Å². The van der Waals surface area contributed by atoms with Gasteiger partial charge in [0.15, 0.2) is 6.67 Å². The van der Waals surface area contributed by atoms with Gasteiger partial charge in [0.2, 0.25) is 0 Å². The second kappa shape index (κ2) is 5.73. The first kappa shape index (κ1) is 19.5. The Labute approximate surface area is 111 Å². The molecule has 0 saturated heterocycles. The first-order valence-corrected chi connectivity index (χ1v) is 4.77. The normalized spacial score (nSPS) is 15.5. The van der Waals surface area contributed by atoms with Crippen LogP contribution in [0.5, 0.6) is 0 Å². The van der Waals surface area contributed by atoms with E-state index in [0.717, 1.165) is 0 Å². The van der Waals surface area contributed by atoms with Gasteiger partial charge in [0.25, 0.3) is 6.29 Å². The Kier molecular flexibility index (Phi) is 5.34. The highest BCUT2D eigenvalue weighted by Crippen LogP contribution is 2.53. The number of hydrogen-bond donors (Lipinski definition) is 1. The maximum Gasteiger partial charge on any atom is 0.384 e. The molecule has 0 aliphatic heterocycles. The molecule has 0 aromatic heterocycles. The predicted octanol–water partition coefficient (Wildman–Crippen LogP) is 2.54. The quantitative estimate of drug-likeness (QED) is 0.337. The Bertz CT molecular complexity index is 407. The van der Waals surface area contributed by atoms with Crippen molar-refractivity contribution in [1.82, 2.24) is 0 Å². The van der Waals surface area contributed by atoms with Crippen molar-refractivity contribution in [3.05, 3.63) is 12.7 Å². The van der Waals surface area contributed by atoms with Crippen molar-refractivity contribution in [2.45, 2.75) is 30.0 Å². The van der Waals surface area contributed by atoms with E-state index in [1.54, 1.807) is 0 Å². The SMILES string of the molecule is C=CC(=O)OC(O)C(F)(F)C(F)(F)C(F)(F)C(F)(F)CF. The lowest BCUT2D eigenvalue weighted by molar-refractivity contribution is -0.397. The second-order valence-corrected chi connectivity index (χ2v) is 3.60. The van der Waals surface area contributed by atoms with Crippen LogP contribution >= 0.6 is 0 Å². The average Bonchev–Trinajstić information content (AvgIpc) is 2.37. The molecule has 0 amide bonds. The molecule has 0 aliphatic rings. The molecule has 0 aromatic rings. The molecule has 12 heteroatoms. The molecular formula is C9H7F9O3. The Morgan fingerprint density at radius 3 is 1.86 bits per heavy atom. The summed E-state index contributed by atoms with van der Waals surface area (Å²) in [7, 11) is 0. The molecule has 0 aromatic carbocycles. The molecule has 0 bridgehead atoms. The highest BCUT2D eigenvalue weighted by Gasteiger charge is 2.82. The maximum atomic E-state index is 13.0. The Morgan fingerprint density at radius 1 is 1.10 bits per heavy atom. The largest absolute Gasteiger partial charge is 0.426 e. The lowest BCUT2D eigenvalue weighted by Crippen LogP contribution is -2.66. The van der Waals surface area contributed by atoms with Crippen molar-refractivity contribution in [3.8, 4) is 0 Å². The summed E-state index contributed by atoms with van der Waals surface area (Å²) in [5.74, 6) is -28.2. The van der Waals surface area contributed by atoms with Gasteiger partial charge < -0.3 is 9.84 Å². The summed E-state index contributed by atoms with van der Waals surface area (Å²) in [6.45, 7) is -0.743. The van der Waals surface area contributed by atoms with Crippen molar-refractivity contribution in [3.63, 3.8) is 0 Å². The van der Waals surface area contributed by atoms with Crippen LogP contribution in [0.2, 0.25) is 0 Å². The second-order valence-electron chi connectivity index (χ2n) is 3.60. The Balaban J connectivity index is 5.65. The van der Waals surface area contributed by atoms with E-state index in [2.05, 4.69) is 11.3 Å². The zero-order valence-corrected chi connectivity index (χ0v) is 9.73. The van der Waals surface area contributed by atoms with Gasteiger partial charge in [-0.1, -0.05) is 6.58 Å². The molecule has 3 nitrogen and oxygen atoms in total. The monoisotopic (exact) mass is 334 g/mol. The molecule has 0 saturated carbocycles. The number of alkyl halides is 9. The van der Waals surface area contributed by atoms with Crippen LogP contribution in [-0.4, -0.2) is 47.7 Å². The molecule has 0 radical (unpaired) electrons. The zero-order chi connectivity index (χ0) is 17.3. The number of esters is 1. The highest BCUT2D eigenvalue weighted by atomic mass is 19.4. The molecule has 124 valence electrons. The van der Waals surface area contributed by atoms with Crippen LogP contribution in [0.1, 0.15) is 0 Å². The Morgan fingerprint density at radius 2 is 1.52 bits per heavy atom. The third kappa shape index (κ3) is 3.09. The third-order valence-corrected chi connectivity index (χ3v) is 2.14. The summed E-state index contributed by atoms with van der Waals surface area (Å²) >= 11 is 0. The van der Waals surface area contributed by atoms with Crippen molar-refractivity contribution >= 4 is 5.97 Å². The molecule has 1 unspecified atom stereocenters. The van der Waals surface area contributed by atoms with Gasteiger partial charge in [0.05, 0.1) is 0 Å². The number of carbonyl (C=O) groups is 1. The zero-order valence-electron chi connectivity index (χ0n) is 9.73. The van der Waals surface area contributed by atoms with Crippen LogP contribution in [-0.2, 0) is 9.53 Å². The minimum atomic E-state index is -6.93. The fraction of sp³-hybridized carbons (Fsp3) is 0.667. The van der Waals surface area contributed by atoms with Gasteiger partial charge in [-0.2, -0.15) is 35.1 Å². The summed E-state index contributed by atoms with van der Waals surface area (Å²) in [5, 5.41) is 8.52. The van der Waals surface area contributed by atoms with Crippen LogP contribution in [0.15, 0.2) is 12.7 Å². The van der Waals surface area contributed by atoms with E-state index in [0.29, 0.717) is 0 Å². The van der Waals surface area contributed by atoms with E-state index >= 15 is 0 Å². The standard InChI is InChI=1S/C9H7F9O3/c1-2-4(19)21-5(20)7(13,14)9(17,18)8(15,16)6(11,12)3-10/h2,5,20H,1,3H2. The average molecular weight is 334 g/mol. The number of aliphatic hydroxyl groups is 1. The summed E-state index contributed by atoms with van der Waals surface area (Å²) in [6, 6.07) is 0. The Hall–Kier alpha value is -1.46. The number of rotatable bonds is 7. The lowest BCUT2D eigenvalue weighted by Gasteiger charge is -2.36. The summed E-state index contributed by atoms with van der Waals surface area (Å²) in [4.78, 5) is 10.4. The van der Waals surface area contributed by atoms with Crippen LogP contribution < -0.4 is 0 Å². The number of hydrogen-bond acceptors (Lipinski definition) is 3. The van der Waals surface area contributed by atoms with Gasteiger partial charge >= 0.3 is 29.7 Å². The van der Waals surface area contributed by atoms with Crippen molar-refractivity contribution in [1.29, 1.82) is 0 Å². The van der Waals surface area contributed by atoms with Crippen molar-refractivity contribution < 1.29 is 54.2 Å². The molecule has 0 aliphatic carbocycles. The molecule has 21 heavy (non-hydrogen) atoms. The van der Waals surface area contributed by atoms with Gasteiger partial charge in [0.1, 0.15) is 0 Å². The summed E-state index contributed by atoms with van der Waals surface area (Å²) in [5.41, 5.74) is 0. The first-order valence-electron chi connectivity index (χ1n) is 4.77. The van der Waals surface area contributed by atoms with Gasteiger partial charge in [-0.05, 0) is 0 Å². The van der Waals surface area contributed by atoms with Gasteiger partial charge in [-0.3, -0.25) is 0 Å². The van der Waals surface area contributed by atoms with Gasteiger partial charge in [-0.15, -0.1) is 0 Å². The summed E-state index contributed by atoms with van der Waals surface area (Å²) < 4.78 is 117.